The first-order chi connectivity index (χ1) is 15.5. The van der Waals surface area contributed by atoms with Gasteiger partial charge >= 0.3 is 0 Å². The van der Waals surface area contributed by atoms with Gasteiger partial charge in [0.05, 0.1) is 11.6 Å². The molecular weight excluding hydrogens is 426 g/mol. The van der Waals surface area contributed by atoms with Gasteiger partial charge in [-0.2, -0.15) is 0 Å². The van der Waals surface area contributed by atoms with Gasteiger partial charge in [0.15, 0.2) is 0 Å². The van der Waals surface area contributed by atoms with Crippen molar-refractivity contribution in [1.82, 2.24) is 9.97 Å². The molecule has 1 fully saturated rings. The number of pyridine rings is 1. The lowest BCUT2D eigenvalue weighted by atomic mass is 9.96. The number of aryl methyl sites for hydroxylation is 1. The van der Waals surface area contributed by atoms with Crippen LogP contribution in [0.15, 0.2) is 78.8 Å². The summed E-state index contributed by atoms with van der Waals surface area (Å²) in [6.45, 7) is 1.84. The molecule has 4 aromatic rings. The smallest absolute Gasteiger partial charge is 0.300 e. The van der Waals surface area contributed by atoms with Crippen molar-refractivity contribution in [3.05, 3.63) is 100 Å². The van der Waals surface area contributed by atoms with Crippen molar-refractivity contribution in [3.63, 3.8) is 0 Å². The van der Waals surface area contributed by atoms with Crippen LogP contribution in [0.3, 0.4) is 0 Å². The fourth-order valence-electron chi connectivity index (χ4n) is 4.19. The summed E-state index contributed by atoms with van der Waals surface area (Å²) in [6.07, 6.45) is 4.84. The molecule has 158 valence electrons. The number of rotatable bonds is 3. The number of aliphatic hydroxyl groups is 1. The highest BCUT2D eigenvalue weighted by molar-refractivity contribution is 6.52. The lowest BCUT2D eigenvalue weighted by molar-refractivity contribution is -0.132. The van der Waals surface area contributed by atoms with Crippen molar-refractivity contribution in [2.75, 3.05) is 4.90 Å². The van der Waals surface area contributed by atoms with E-state index in [2.05, 4.69) is 9.97 Å². The Morgan fingerprint density at radius 1 is 1.12 bits per heavy atom. The Labute approximate surface area is 188 Å². The minimum atomic E-state index is -0.852. The number of ketones is 1. The molecule has 0 saturated carbocycles. The number of nitrogens with one attached hydrogen (secondary N) is 1. The van der Waals surface area contributed by atoms with Crippen molar-refractivity contribution in [3.8, 4) is 0 Å². The highest BCUT2D eigenvalue weighted by Gasteiger charge is 2.47. The number of carbonyl (C=O) groups excluding carboxylic acids is 2. The molecule has 1 saturated heterocycles. The summed E-state index contributed by atoms with van der Waals surface area (Å²) in [7, 11) is 0. The molecule has 1 aliphatic heterocycles. The van der Waals surface area contributed by atoms with E-state index in [1.54, 1.807) is 48.9 Å². The van der Waals surface area contributed by atoms with Gasteiger partial charge in [-0.05, 0) is 42.3 Å². The number of amides is 1. The number of H-pyrrole nitrogens is 1. The number of benzene rings is 2. The third-order valence-electron chi connectivity index (χ3n) is 5.72. The predicted molar refractivity (Wildman–Crippen MR) is 124 cm³/mol. The van der Waals surface area contributed by atoms with Gasteiger partial charge in [-0.1, -0.05) is 41.9 Å². The zero-order valence-corrected chi connectivity index (χ0v) is 17.8. The first-order valence-electron chi connectivity index (χ1n) is 10.0. The van der Waals surface area contributed by atoms with Crippen LogP contribution < -0.4 is 4.90 Å². The highest BCUT2D eigenvalue weighted by Crippen LogP contribution is 2.44. The summed E-state index contributed by atoms with van der Waals surface area (Å²) in [5.74, 6) is -1.73. The van der Waals surface area contributed by atoms with E-state index >= 15 is 0 Å². The topological polar surface area (TPSA) is 86.3 Å². The van der Waals surface area contributed by atoms with Crippen molar-refractivity contribution < 1.29 is 14.7 Å². The number of hydrogen-bond donors (Lipinski definition) is 2. The fourth-order valence-corrected chi connectivity index (χ4v) is 4.36. The molecule has 3 heterocycles. The van der Waals surface area contributed by atoms with Gasteiger partial charge in [-0.3, -0.25) is 19.5 Å². The largest absolute Gasteiger partial charge is 0.507 e. The van der Waals surface area contributed by atoms with E-state index in [1.165, 1.54) is 4.90 Å². The standard InChI is InChI=1S/C25H18ClN3O3/c1-14-8-9-16(26)11-20(14)29-22(15-5-4-10-27-12-15)21(24(31)25(29)32)23(30)18-13-28-19-7-3-2-6-17(18)19/h2-13,22,28,30H,1H3/b23-21-. The number of hydrogen-bond acceptors (Lipinski definition) is 4. The van der Waals surface area contributed by atoms with Crippen LogP contribution in [0, 0.1) is 6.92 Å². The zero-order chi connectivity index (χ0) is 22.4. The number of Topliss-reactive ketones (excluding diaryl/α,β-unsaturated/α-hetero) is 1. The summed E-state index contributed by atoms with van der Waals surface area (Å²) >= 11 is 6.22. The number of aliphatic hydroxyl groups excluding tert-OH is 1. The zero-order valence-electron chi connectivity index (χ0n) is 17.0. The predicted octanol–water partition coefficient (Wildman–Crippen LogP) is 5.15. The Morgan fingerprint density at radius 2 is 1.94 bits per heavy atom. The molecule has 0 spiro atoms. The number of para-hydroxylation sites is 1. The summed E-state index contributed by atoms with van der Waals surface area (Å²) in [6, 6.07) is 15.3. The molecule has 2 aromatic carbocycles. The van der Waals surface area contributed by atoms with Gasteiger partial charge < -0.3 is 10.1 Å². The molecule has 1 atom stereocenters. The van der Waals surface area contributed by atoms with Gasteiger partial charge in [0.25, 0.3) is 11.7 Å². The second-order valence-electron chi connectivity index (χ2n) is 7.63. The van der Waals surface area contributed by atoms with Gasteiger partial charge in [0, 0.05) is 45.8 Å². The molecule has 5 rings (SSSR count). The second-order valence-corrected chi connectivity index (χ2v) is 8.07. The van der Waals surface area contributed by atoms with Crippen molar-refractivity contribution in [2.24, 2.45) is 0 Å². The number of aromatic nitrogens is 2. The summed E-state index contributed by atoms with van der Waals surface area (Å²) in [5.41, 5.74) is 3.16. The van der Waals surface area contributed by atoms with Crippen LogP contribution in [0.1, 0.15) is 22.7 Å². The molecule has 0 bridgehead atoms. The first kappa shape index (κ1) is 20.0. The Balaban J connectivity index is 1.78. The Kier molecular flexibility index (Phi) is 4.79. The molecule has 32 heavy (non-hydrogen) atoms. The Morgan fingerprint density at radius 3 is 2.72 bits per heavy atom. The maximum Gasteiger partial charge on any atom is 0.300 e. The van der Waals surface area contributed by atoms with Crippen molar-refractivity contribution in [2.45, 2.75) is 13.0 Å². The number of fused-ring (bicyclic) bond motifs is 1. The Bertz CT molecular complexity index is 1410. The van der Waals surface area contributed by atoms with Crippen molar-refractivity contribution >= 4 is 45.6 Å². The molecule has 1 aliphatic rings. The maximum atomic E-state index is 13.3. The van der Waals surface area contributed by atoms with E-state index in [0.29, 0.717) is 21.8 Å². The molecular formula is C25H18ClN3O3. The number of anilines is 1. The molecule has 0 radical (unpaired) electrons. The number of halogens is 1. The third kappa shape index (κ3) is 3.08. The molecule has 0 aliphatic carbocycles. The van der Waals surface area contributed by atoms with Crippen LogP contribution in [0.2, 0.25) is 5.02 Å². The second kappa shape index (κ2) is 7.66. The molecule has 2 aromatic heterocycles. The molecule has 7 heteroatoms. The van der Waals surface area contributed by atoms with Gasteiger partial charge in [0.1, 0.15) is 5.76 Å². The van der Waals surface area contributed by atoms with Crippen LogP contribution in [-0.2, 0) is 9.59 Å². The fraction of sp³-hybridized carbons (Fsp3) is 0.0800. The highest BCUT2D eigenvalue weighted by atomic mass is 35.5. The molecule has 1 unspecified atom stereocenters. The van der Waals surface area contributed by atoms with E-state index in [-0.39, 0.29) is 11.3 Å². The Hall–Kier alpha value is -3.90. The first-order valence-corrected chi connectivity index (χ1v) is 10.4. The van der Waals surface area contributed by atoms with Crippen LogP contribution in [0.5, 0.6) is 0 Å². The number of carbonyl (C=O) groups is 2. The minimum absolute atomic E-state index is 0.00660. The summed E-state index contributed by atoms with van der Waals surface area (Å²) < 4.78 is 0. The van der Waals surface area contributed by atoms with Crippen LogP contribution >= 0.6 is 11.6 Å². The van der Waals surface area contributed by atoms with Gasteiger partial charge in [-0.25, -0.2) is 0 Å². The van der Waals surface area contributed by atoms with E-state index in [1.807, 2.05) is 31.2 Å². The lowest BCUT2D eigenvalue weighted by Gasteiger charge is -2.26. The normalized spacial score (nSPS) is 17.9. The molecule has 2 N–H and O–H groups in total. The average Bonchev–Trinajstić information content (AvgIpc) is 3.35. The molecule has 1 amide bonds. The van der Waals surface area contributed by atoms with E-state index in [9.17, 15) is 14.7 Å². The monoisotopic (exact) mass is 443 g/mol. The number of nitrogens with zero attached hydrogens (tertiary/aromatic N) is 2. The lowest BCUT2D eigenvalue weighted by Crippen LogP contribution is -2.30. The minimum Gasteiger partial charge on any atom is -0.507 e. The number of aromatic amines is 1. The SMILES string of the molecule is Cc1ccc(Cl)cc1N1C(=O)C(=O)/C(=C(\O)c2c[nH]c3ccccc23)C1c1cccnc1. The van der Waals surface area contributed by atoms with Crippen LogP contribution in [0.4, 0.5) is 5.69 Å². The summed E-state index contributed by atoms with van der Waals surface area (Å²) in [5, 5.41) is 12.5. The average molecular weight is 444 g/mol. The van der Waals surface area contributed by atoms with E-state index in [0.717, 1.165) is 16.5 Å². The van der Waals surface area contributed by atoms with Crippen LogP contribution in [-0.4, -0.2) is 26.8 Å². The van der Waals surface area contributed by atoms with Crippen molar-refractivity contribution in [1.29, 1.82) is 0 Å². The van der Waals surface area contributed by atoms with E-state index in [4.69, 9.17) is 11.6 Å². The third-order valence-corrected chi connectivity index (χ3v) is 5.95. The van der Waals surface area contributed by atoms with Gasteiger partial charge in [-0.15, -0.1) is 0 Å². The maximum absolute atomic E-state index is 13.3. The summed E-state index contributed by atoms with van der Waals surface area (Å²) in [4.78, 5) is 35.2. The quantitative estimate of drug-likeness (QED) is 0.260. The van der Waals surface area contributed by atoms with Crippen LogP contribution in [0.25, 0.3) is 16.7 Å². The van der Waals surface area contributed by atoms with Gasteiger partial charge in [0.2, 0.25) is 0 Å². The van der Waals surface area contributed by atoms with E-state index < -0.39 is 17.7 Å². The molecule has 6 nitrogen and oxygen atoms in total.